The van der Waals surface area contributed by atoms with Crippen molar-refractivity contribution >= 4 is 5.91 Å². The summed E-state index contributed by atoms with van der Waals surface area (Å²) < 4.78 is 25.6. The van der Waals surface area contributed by atoms with E-state index in [4.69, 9.17) is 0 Å². The predicted molar refractivity (Wildman–Crippen MR) is 43.7 cm³/mol. The van der Waals surface area contributed by atoms with Gasteiger partial charge in [-0.3, -0.25) is 14.7 Å². The summed E-state index contributed by atoms with van der Waals surface area (Å²) in [7, 11) is 0. The number of pyridine rings is 1. The second kappa shape index (κ2) is 3.01. The molecule has 2 rings (SSSR count). The Kier molecular flexibility index (Phi) is 1.94. The normalized spacial score (nSPS) is 18.9. The van der Waals surface area contributed by atoms with Gasteiger partial charge in [-0.1, -0.05) is 0 Å². The molecule has 1 aromatic heterocycles. The lowest BCUT2D eigenvalue weighted by molar-refractivity contribution is -0.189. The van der Waals surface area contributed by atoms with Crippen LogP contribution in [-0.2, 0) is 0 Å². The molecule has 1 aliphatic rings. The van der Waals surface area contributed by atoms with Crippen LogP contribution in [0, 0.1) is 6.20 Å². The Balaban J connectivity index is 2.18. The van der Waals surface area contributed by atoms with Gasteiger partial charge in [-0.2, -0.15) is 8.78 Å². The van der Waals surface area contributed by atoms with Gasteiger partial charge < -0.3 is 0 Å². The maximum Gasteiger partial charge on any atom is 0.329 e. The molecule has 1 aliphatic heterocycles. The molecule has 0 spiro atoms. The van der Waals surface area contributed by atoms with Crippen LogP contribution in [0.4, 0.5) is 8.78 Å². The Morgan fingerprint density at radius 2 is 2.43 bits per heavy atom. The molecule has 0 aliphatic carbocycles. The Bertz CT molecular complexity index is 353. The van der Waals surface area contributed by atoms with Gasteiger partial charge in [0.2, 0.25) is 0 Å². The molecule has 2 heterocycles. The molecule has 0 saturated carbocycles. The van der Waals surface area contributed by atoms with Crippen LogP contribution in [0.2, 0.25) is 0 Å². The molecule has 0 N–H and O–H groups in total. The van der Waals surface area contributed by atoms with Gasteiger partial charge in [0.15, 0.2) is 0 Å². The lowest BCUT2D eigenvalue weighted by atomic mass is 10.1. The number of alkyl halides is 2. The van der Waals surface area contributed by atoms with E-state index in [0.717, 1.165) is 0 Å². The number of carbonyl (C=O) groups excluding carboxylic acids is 1. The molecular weight excluding hydrogens is 190 g/mol. The molecule has 1 radical (unpaired) electrons. The number of carbonyl (C=O) groups is 1. The van der Waals surface area contributed by atoms with Crippen molar-refractivity contribution in [1.29, 1.82) is 0 Å². The highest BCUT2D eigenvalue weighted by Crippen LogP contribution is 2.34. The van der Waals surface area contributed by atoms with Gasteiger partial charge in [0.25, 0.3) is 5.91 Å². The number of likely N-dealkylation sites (tertiary alicyclic amines) is 1. The van der Waals surface area contributed by atoms with Crippen LogP contribution in [0.5, 0.6) is 0 Å². The van der Waals surface area contributed by atoms with Crippen LogP contribution in [-0.4, -0.2) is 28.4 Å². The fourth-order valence-electron chi connectivity index (χ4n) is 1.23. The van der Waals surface area contributed by atoms with Crippen LogP contribution in [0.25, 0.3) is 0 Å². The number of hydrogen-bond donors (Lipinski definition) is 0. The maximum absolute atomic E-state index is 12.8. The summed E-state index contributed by atoms with van der Waals surface area (Å²) in [5.74, 6) is -0.714. The molecule has 1 fully saturated rings. The first kappa shape index (κ1) is 9.05. The number of aromatic nitrogens is 1. The molecule has 14 heavy (non-hydrogen) atoms. The molecule has 1 aromatic rings. The van der Waals surface area contributed by atoms with E-state index in [1.165, 1.54) is 18.3 Å². The molecule has 3 nitrogen and oxygen atoms in total. The first-order valence-electron chi connectivity index (χ1n) is 4.14. The van der Waals surface area contributed by atoms with Gasteiger partial charge in [-0.05, 0) is 12.1 Å². The number of halogens is 2. The molecule has 0 bridgehead atoms. The summed E-state index contributed by atoms with van der Waals surface area (Å²) in [6.07, 6.45) is 3.55. The van der Waals surface area contributed by atoms with Crippen molar-refractivity contribution in [3.63, 3.8) is 0 Å². The van der Waals surface area contributed by atoms with Gasteiger partial charge in [-0.15, -0.1) is 0 Å². The van der Waals surface area contributed by atoms with Crippen LogP contribution < -0.4 is 0 Å². The summed E-state index contributed by atoms with van der Waals surface area (Å²) in [4.78, 5) is 15.5. The lowest BCUT2D eigenvalue weighted by Crippen LogP contribution is -2.56. The Hall–Kier alpha value is -1.52. The average molecular weight is 197 g/mol. The molecular formula is C9H7F2N2O. The summed E-state index contributed by atoms with van der Waals surface area (Å²) in [5.41, 5.74) is 0.0758. The van der Waals surface area contributed by atoms with Crippen LogP contribution >= 0.6 is 0 Å². The quantitative estimate of drug-likeness (QED) is 0.636. The van der Waals surface area contributed by atoms with Crippen LogP contribution in [0.3, 0.4) is 0 Å². The highest BCUT2D eigenvalue weighted by Gasteiger charge is 2.49. The number of rotatable bonds is 1. The van der Waals surface area contributed by atoms with Crippen molar-refractivity contribution in [2.24, 2.45) is 0 Å². The fraction of sp³-hybridized carbons (Fsp3) is 0.333. The lowest BCUT2D eigenvalue weighted by Gasteiger charge is -2.39. The third-order valence-corrected chi connectivity index (χ3v) is 2.12. The van der Waals surface area contributed by atoms with Crippen molar-refractivity contribution in [2.75, 3.05) is 6.54 Å². The van der Waals surface area contributed by atoms with E-state index in [1.54, 1.807) is 0 Å². The van der Waals surface area contributed by atoms with E-state index >= 15 is 0 Å². The fourth-order valence-corrected chi connectivity index (χ4v) is 1.23. The smallest absolute Gasteiger partial charge is 0.279 e. The van der Waals surface area contributed by atoms with Crippen molar-refractivity contribution in [1.82, 2.24) is 9.88 Å². The topological polar surface area (TPSA) is 33.2 Å². The minimum atomic E-state index is -3.00. The van der Waals surface area contributed by atoms with Gasteiger partial charge in [0, 0.05) is 19.2 Å². The summed E-state index contributed by atoms with van der Waals surface area (Å²) >= 11 is 0. The van der Waals surface area contributed by atoms with Gasteiger partial charge in [-0.25, -0.2) is 0 Å². The molecule has 0 atom stereocenters. The summed E-state index contributed by atoms with van der Waals surface area (Å²) in [6, 6.07) is -0.0633. The van der Waals surface area contributed by atoms with Crippen molar-refractivity contribution in [2.45, 2.75) is 12.5 Å². The largest absolute Gasteiger partial charge is 0.329 e. The molecule has 73 valence electrons. The van der Waals surface area contributed by atoms with Crippen LogP contribution in [0.1, 0.15) is 16.8 Å². The average Bonchev–Trinajstić information content (AvgIpc) is 2.18. The zero-order valence-corrected chi connectivity index (χ0v) is 7.20. The summed E-state index contributed by atoms with van der Waals surface area (Å²) in [6.45, 7) is 0.0918. The van der Waals surface area contributed by atoms with Crippen molar-refractivity contribution in [3.8, 4) is 0 Å². The van der Waals surface area contributed by atoms with E-state index in [-0.39, 0.29) is 18.5 Å². The monoisotopic (exact) mass is 197 g/mol. The molecule has 1 amide bonds. The summed E-state index contributed by atoms with van der Waals surface area (Å²) in [5, 5.41) is 0. The van der Waals surface area contributed by atoms with E-state index < -0.39 is 12.0 Å². The van der Waals surface area contributed by atoms with Crippen molar-refractivity contribution in [3.05, 3.63) is 30.1 Å². The van der Waals surface area contributed by atoms with E-state index in [2.05, 4.69) is 11.2 Å². The highest BCUT2D eigenvalue weighted by molar-refractivity contribution is 5.94. The van der Waals surface area contributed by atoms with E-state index in [9.17, 15) is 13.6 Å². The number of amides is 1. The maximum atomic E-state index is 12.8. The predicted octanol–water partition coefficient (Wildman–Crippen LogP) is 1.32. The second-order valence-corrected chi connectivity index (χ2v) is 3.04. The first-order valence-corrected chi connectivity index (χ1v) is 4.14. The van der Waals surface area contributed by atoms with E-state index in [0.29, 0.717) is 4.90 Å². The minimum absolute atomic E-state index is 0.0758. The molecule has 0 unspecified atom stereocenters. The SMILES string of the molecule is O=C(c1[c]nccc1)N1CCC1(F)F. The number of nitrogens with zero attached hydrogens (tertiary/aromatic N) is 2. The standard InChI is InChI=1S/C9H7F2N2O/c10-9(11)3-5-13(9)8(14)7-2-1-4-12-6-7/h1-2,4H,3,5H2. The Labute approximate surface area is 79.4 Å². The van der Waals surface area contributed by atoms with Crippen LogP contribution in [0.15, 0.2) is 18.3 Å². The zero-order valence-electron chi connectivity index (χ0n) is 7.20. The third kappa shape index (κ3) is 1.34. The second-order valence-electron chi connectivity index (χ2n) is 3.04. The van der Waals surface area contributed by atoms with Gasteiger partial charge in [0.05, 0.1) is 5.56 Å². The third-order valence-electron chi connectivity index (χ3n) is 2.12. The highest BCUT2D eigenvalue weighted by atomic mass is 19.3. The Morgan fingerprint density at radius 1 is 1.64 bits per heavy atom. The zero-order chi connectivity index (χ0) is 10.2. The molecule has 1 saturated heterocycles. The molecule has 5 heteroatoms. The van der Waals surface area contributed by atoms with Gasteiger partial charge >= 0.3 is 6.05 Å². The molecule has 0 aromatic carbocycles. The van der Waals surface area contributed by atoms with Gasteiger partial charge in [0.1, 0.15) is 6.20 Å². The first-order chi connectivity index (χ1) is 6.61. The van der Waals surface area contributed by atoms with E-state index in [1.807, 2.05) is 0 Å². The Morgan fingerprint density at radius 3 is 2.86 bits per heavy atom. The van der Waals surface area contributed by atoms with Crippen molar-refractivity contribution < 1.29 is 13.6 Å². The minimum Gasteiger partial charge on any atom is -0.279 e. The number of hydrogen-bond acceptors (Lipinski definition) is 2.